The Morgan fingerprint density at radius 3 is 2.32 bits per heavy atom. The summed E-state index contributed by atoms with van der Waals surface area (Å²) in [5.41, 5.74) is 6.01. The fourth-order valence-corrected chi connectivity index (χ4v) is 4.28. The van der Waals surface area contributed by atoms with E-state index in [1.54, 1.807) is 0 Å². The summed E-state index contributed by atoms with van der Waals surface area (Å²) in [6.45, 7) is 4.38. The molecule has 0 heterocycles. The Morgan fingerprint density at radius 1 is 1.05 bits per heavy atom. The van der Waals surface area contributed by atoms with E-state index in [1.165, 1.54) is 57.9 Å². The molecule has 2 aliphatic rings. The maximum atomic E-state index is 6.01. The molecule has 2 unspecified atom stereocenters. The normalized spacial score (nSPS) is 36.6. The van der Waals surface area contributed by atoms with Crippen molar-refractivity contribution in [1.29, 1.82) is 0 Å². The van der Waals surface area contributed by atoms with Gasteiger partial charge < -0.3 is 10.5 Å². The summed E-state index contributed by atoms with van der Waals surface area (Å²) in [6, 6.07) is 1.52. The van der Waals surface area contributed by atoms with Gasteiger partial charge in [-0.2, -0.15) is 0 Å². The van der Waals surface area contributed by atoms with Gasteiger partial charge in [-0.3, -0.25) is 4.90 Å². The van der Waals surface area contributed by atoms with Crippen molar-refractivity contribution in [1.82, 2.24) is 4.90 Å². The second-order valence-corrected chi connectivity index (χ2v) is 6.34. The third-order valence-corrected chi connectivity index (χ3v) is 5.41. The van der Waals surface area contributed by atoms with Gasteiger partial charge in [-0.15, -0.1) is 0 Å². The summed E-state index contributed by atoms with van der Waals surface area (Å²) in [5, 5.41) is 0. The van der Waals surface area contributed by atoms with Crippen LogP contribution in [0.1, 0.15) is 58.3 Å². The predicted molar refractivity (Wildman–Crippen MR) is 80.2 cm³/mol. The molecule has 0 saturated heterocycles. The van der Waals surface area contributed by atoms with Gasteiger partial charge in [0, 0.05) is 19.2 Å². The van der Waals surface area contributed by atoms with Crippen LogP contribution in [0, 0.1) is 5.92 Å². The molecule has 2 fully saturated rings. The quantitative estimate of drug-likeness (QED) is 0.833. The van der Waals surface area contributed by atoms with E-state index in [2.05, 4.69) is 11.8 Å². The zero-order chi connectivity index (χ0) is 13.7. The number of hydrogen-bond donors (Lipinski definition) is 1. The van der Waals surface area contributed by atoms with Gasteiger partial charge in [0.2, 0.25) is 0 Å². The first-order valence-corrected chi connectivity index (χ1v) is 8.28. The summed E-state index contributed by atoms with van der Waals surface area (Å²) in [4.78, 5) is 2.78. The lowest BCUT2D eigenvalue weighted by atomic mass is 9.81. The van der Waals surface area contributed by atoms with Gasteiger partial charge in [0.15, 0.2) is 0 Å². The van der Waals surface area contributed by atoms with Gasteiger partial charge in [0.1, 0.15) is 0 Å². The van der Waals surface area contributed by atoms with E-state index in [0.717, 1.165) is 24.5 Å². The lowest BCUT2D eigenvalue weighted by Crippen LogP contribution is -2.51. The van der Waals surface area contributed by atoms with E-state index < -0.39 is 0 Å². The maximum Gasteiger partial charge on any atom is 0.0572 e. The fourth-order valence-electron chi connectivity index (χ4n) is 4.28. The molecular weight excluding hydrogens is 236 g/mol. The van der Waals surface area contributed by atoms with Gasteiger partial charge in [0.25, 0.3) is 0 Å². The van der Waals surface area contributed by atoms with Crippen molar-refractivity contribution in [3.05, 3.63) is 0 Å². The van der Waals surface area contributed by atoms with E-state index in [-0.39, 0.29) is 0 Å². The summed E-state index contributed by atoms with van der Waals surface area (Å²) in [7, 11) is 1.86. The van der Waals surface area contributed by atoms with Crippen LogP contribution in [0.4, 0.5) is 0 Å². The first-order valence-electron chi connectivity index (χ1n) is 8.28. The van der Waals surface area contributed by atoms with Crippen molar-refractivity contribution in [2.75, 3.05) is 20.2 Å². The Labute approximate surface area is 118 Å². The topological polar surface area (TPSA) is 38.5 Å². The fraction of sp³-hybridized carbons (Fsp3) is 1.00. The highest BCUT2D eigenvalue weighted by atomic mass is 16.5. The minimum atomic E-state index is 0.506. The standard InChI is InChI=1S/C16H32N2O/c1-3-18(14-8-10-15(19-2)11-9-14)16-7-5-4-6-13(16)12-17/h13-16H,3-12,17H2,1-2H3. The third-order valence-electron chi connectivity index (χ3n) is 5.41. The van der Waals surface area contributed by atoms with Crippen LogP contribution in [0.15, 0.2) is 0 Å². The summed E-state index contributed by atoms with van der Waals surface area (Å²) >= 11 is 0. The highest BCUT2D eigenvalue weighted by Crippen LogP contribution is 2.33. The average Bonchev–Trinajstić information content (AvgIpc) is 2.49. The summed E-state index contributed by atoms with van der Waals surface area (Å²) in [6.07, 6.45) is 11.1. The van der Waals surface area contributed by atoms with Crippen LogP contribution in [0.5, 0.6) is 0 Å². The Morgan fingerprint density at radius 2 is 1.74 bits per heavy atom. The van der Waals surface area contributed by atoms with Crippen LogP contribution in [0.3, 0.4) is 0 Å². The van der Waals surface area contributed by atoms with E-state index in [1.807, 2.05) is 7.11 Å². The average molecular weight is 268 g/mol. The number of methoxy groups -OCH3 is 1. The highest BCUT2D eigenvalue weighted by molar-refractivity contribution is 4.89. The van der Waals surface area contributed by atoms with Crippen LogP contribution >= 0.6 is 0 Å². The number of hydrogen-bond acceptors (Lipinski definition) is 3. The van der Waals surface area contributed by atoms with E-state index in [4.69, 9.17) is 10.5 Å². The molecule has 0 spiro atoms. The van der Waals surface area contributed by atoms with E-state index >= 15 is 0 Å². The van der Waals surface area contributed by atoms with E-state index in [0.29, 0.717) is 6.10 Å². The van der Waals surface area contributed by atoms with Gasteiger partial charge in [-0.05, 0) is 57.5 Å². The minimum absolute atomic E-state index is 0.506. The zero-order valence-electron chi connectivity index (χ0n) is 12.8. The van der Waals surface area contributed by atoms with Crippen molar-refractivity contribution in [3.63, 3.8) is 0 Å². The van der Waals surface area contributed by atoms with Crippen molar-refractivity contribution in [2.24, 2.45) is 11.7 Å². The molecule has 0 bridgehead atoms. The number of nitrogens with zero attached hydrogens (tertiary/aromatic N) is 1. The number of rotatable bonds is 5. The van der Waals surface area contributed by atoms with Crippen LogP contribution in [-0.4, -0.2) is 43.3 Å². The minimum Gasteiger partial charge on any atom is -0.381 e. The first kappa shape index (κ1) is 15.3. The smallest absolute Gasteiger partial charge is 0.0572 e. The Balaban J connectivity index is 1.94. The second-order valence-electron chi connectivity index (χ2n) is 6.34. The third kappa shape index (κ3) is 3.71. The van der Waals surface area contributed by atoms with Gasteiger partial charge in [-0.1, -0.05) is 19.8 Å². The molecule has 0 aliphatic heterocycles. The predicted octanol–water partition coefficient (Wildman–Crippen LogP) is 2.78. The molecule has 0 aromatic rings. The SMILES string of the molecule is CCN(C1CCC(OC)CC1)C1CCCCC1CN. The monoisotopic (exact) mass is 268 g/mol. The number of ether oxygens (including phenoxy) is 1. The van der Waals surface area contributed by atoms with Crippen LogP contribution in [-0.2, 0) is 4.74 Å². The molecular formula is C16H32N2O. The molecule has 0 amide bonds. The Hall–Kier alpha value is -0.120. The maximum absolute atomic E-state index is 6.01. The molecule has 2 atom stereocenters. The molecule has 2 N–H and O–H groups in total. The van der Waals surface area contributed by atoms with E-state index in [9.17, 15) is 0 Å². The number of nitrogens with two attached hydrogens (primary N) is 1. The Kier molecular flexibility index (Phi) is 6.11. The molecule has 2 rings (SSSR count). The van der Waals surface area contributed by atoms with Crippen molar-refractivity contribution < 1.29 is 4.74 Å². The first-order chi connectivity index (χ1) is 9.30. The lowest BCUT2D eigenvalue weighted by Gasteiger charge is -2.45. The van der Waals surface area contributed by atoms with Crippen LogP contribution in [0.2, 0.25) is 0 Å². The highest BCUT2D eigenvalue weighted by Gasteiger charge is 2.34. The van der Waals surface area contributed by atoms with Crippen molar-refractivity contribution in [2.45, 2.75) is 76.5 Å². The Bertz CT molecular complexity index is 251. The molecule has 0 aromatic heterocycles. The zero-order valence-corrected chi connectivity index (χ0v) is 12.8. The largest absolute Gasteiger partial charge is 0.381 e. The molecule has 19 heavy (non-hydrogen) atoms. The summed E-state index contributed by atoms with van der Waals surface area (Å²) in [5.74, 6) is 0.730. The van der Waals surface area contributed by atoms with Gasteiger partial charge >= 0.3 is 0 Å². The van der Waals surface area contributed by atoms with Crippen LogP contribution in [0.25, 0.3) is 0 Å². The molecule has 3 heteroatoms. The van der Waals surface area contributed by atoms with Gasteiger partial charge in [0.05, 0.1) is 6.10 Å². The lowest BCUT2D eigenvalue weighted by molar-refractivity contribution is 0.00916. The molecule has 0 aromatic carbocycles. The molecule has 0 radical (unpaired) electrons. The van der Waals surface area contributed by atoms with Gasteiger partial charge in [-0.25, -0.2) is 0 Å². The van der Waals surface area contributed by atoms with Crippen LogP contribution < -0.4 is 5.73 Å². The molecule has 112 valence electrons. The molecule has 2 saturated carbocycles. The molecule has 3 nitrogen and oxygen atoms in total. The second kappa shape index (κ2) is 7.61. The van der Waals surface area contributed by atoms with Crippen molar-refractivity contribution in [3.8, 4) is 0 Å². The summed E-state index contributed by atoms with van der Waals surface area (Å²) < 4.78 is 5.50. The van der Waals surface area contributed by atoms with Crippen molar-refractivity contribution >= 4 is 0 Å². The molecule has 2 aliphatic carbocycles.